The molecule has 1 aromatic heterocycles. The molecule has 1 aliphatic heterocycles. The van der Waals surface area contributed by atoms with Gasteiger partial charge < -0.3 is 4.90 Å². The highest BCUT2D eigenvalue weighted by Crippen LogP contribution is 2.33. The molecular weight excluding hydrogens is 326 g/mol. The predicted molar refractivity (Wildman–Crippen MR) is 91.5 cm³/mol. The quantitative estimate of drug-likeness (QED) is 0.811. The fourth-order valence-electron chi connectivity index (χ4n) is 3.33. The molecule has 7 heteroatoms. The minimum Gasteiger partial charge on any atom is -0.333 e. The van der Waals surface area contributed by atoms with Crippen molar-refractivity contribution < 1.29 is 14.4 Å². The Morgan fingerprint density at radius 3 is 2.88 bits per heavy atom. The van der Waals surface area contributed by atoms with Crippen LogP contribution in [0, 0.1) is 5.92 Å². The zero-order valence-corrected chi connectivity index (χ0v) is 14.7. The number of fused-ring (bicyclic) bond motifs is 1. The summed E-state index contributed by atoms with van der Waals surface area (Å²) >= 11 is 1.51. The second-order valence-corrected chi connectivity index (χ2v) is 7.63. The molecule has 0 unspecified atom stereocenters. The van der Waals surface area contributed by atoms with Gasteiger partial charge in [0.25, 0.3) is 11.8 Å². The predicted octanol–water partition coefficient (Wildman–Crippen LogP) is 1.65. The largest absolute Gasteiger partial charge is 0.333 e. The second kappa shape index (κ2) is 7.34. The van der Waals surface area contributed by atoms with Crippen LogP contribution in [0.2, 0.25) is 0 Å². The number of hydrogen-bond donors (Lipinski definition) is 2. The van der Waals surface area contributed by atoms with Gasteiger partial charge in [-0.15, -0.1) is 11.3 Å². The van der Waals surface area contributed by atoms with Crippen LogP contribution in [0.1, 0.15) is 52.7 Å². The monoisotopic (exact) mass is 349 g/mol. The lowest BCUT2D eigenvalue weighted by atomic mass is 9.87. The van der Waals surface area contributed by atoms with Gasteiger partial charge in [0.1, 0.15) is 6.54 Å². The molecule has 2 aliphatic rings. The lowest BCUT2D eigenvalue weighted by molar-refractivity contribution is -0.133. The van der Waals surface area contributed by atoms with Gasteiger partial charge in [0.15, 0.2) is 0 Å². The zero-order chi connectivity index (χ0) is 17.1. The van der Waals surface area contributed by atoms with Gasteiger partial charge in [-0.1, -0.05) is 13.3 Å². The minimum atomic E-state index is -0.369. The van der Waals surface area contributed by atoms with Crippen molar-refractivity contribution in [1.29, 1.82) is 0 Å². The van der Waals surface area contributed by atoms with Crippen molar-refractivity contribution in [3.8, 4) is 0 Å². The van der Waals surface area contributed by atoms with Crippen molar-refractivity contribution in [1.82, 2.24) is 15.8 Å². The highest BCUT2D eigenvalue weighted by Gasteiger charge is 2.24. The van der Waals surface area contributed by atoms with E-state index >= 15 is 0 Å². The molecule has 2 N–H and O–H groups in total. The Hall–Kier alpha value is -1.89. The van der Waals surface area contributed by atoms with Crippen molar-refractivity contribution in [2.75, 3.05) is 13.1 Å². The average Bonchev–Trinajstić information content (AvgIpc) is 3.18. The Labute approximate surface area is 145 Å². The summed E-state index contributed by atoms with van der Waals surface area (Å²) in [6.07, 6.45) is 5.72. The lowest BCUT2D eigenvalue weighted by Gasteiger charge is -2.19. The van der Waals surface area contributed by atoms with E-state index in [2.05, 4.69) is 17.8 Å². The molecule has 0 saturated carbocycles. The summed E-state index contributed by atoms with van der Waals surface area (Å²) in [5.41, 5.74) is 6.13. The van der Waals surface area contributed by atoms with E-state index in [4.69, 9.17) is 0 Å². The maximum absolute atomic E-state index is 12.2. The molecule has 0 bridgehead atoms. The van der Waals surface area contributed by atoms with Crippen LogP contribution in [0.3, 0.4) is 0 Å². The van der Waals surface area contributed by atoms with Crippen molar-refractivity contribution >= 4 is 29.1 Å². The summed E-state index contributed by atoms with van der Waals surface area (Å²) in [5.74, 6) is 0.0445. The van der Waals surface area contributed by atoms with Crippen LogP contribution in [-0.4, -0.2) is 35.7 Å². The zero-order valence-electron chi connectivity index (χ0n) is 13.9. The number of nitrogens with one attached hydrogen (secondary N) is 2. The van der Waals surface area contributed by atoms with E-state index in [9.17, 15) is 14.4 Å². The van der Waals surface area contributed by atoms with Crippen molar-refractivity contribution in [2.45, 2.75) is 45.4 Å². The third-order valence-electron chi connectivity index (χ3n) is 4.81. The maximum Gasteiger partial charge on any atom is 0.279 e. The van der Waals surface area contributed by atoms with Crippen LogP contribution in [0.15, 0.2) is 6.07 Å². The third kappa shape index (κ3) is 3.77. The first-order valence-electron chi connectivity index (χ1n) is 8.55. The Kier molecular flexibility index (Phi) is 5.18. The van der Waals surface area contributed by atoms with Gasteiger partial charge in [-0.2, -0.15) is 0 Å². The van der Waals surface area contributed by atoms with Crippen LogP contribution < -0.4 is 10.9 Å². The van der Waals surface area contributed by atoms with E-state index in [1.54, 1.807) is 0 Å². The van der Waals surface area contributed by atoms with E-state index in [0.29, 0.717) is 23.8 Å². The van der Waals surface area contributed by atoms with E-state index < -0.39 is 0 Å². The smallest absolute Gasteiger partial charge is 0.279 e. The van der Waals surface area contributed by atoms with Gasteiger partial charge >= 0.3 is 0 Å². The highest BCUT2D eigenvalue weighted by molar-refractivity contribution is 7.14. The third-order valence-corrected chi connectivity index (χ3v) is 6.04. The molecule has 1 saturated heterocycles. The normalized spacial score (nSPS) is 20.0. The molecule has 0 aromatic carbocycles. The van der Waals surface area contributed by atoms with Gasteiger partial charge in [0.05, 0.1) is 4.88 Å². The average molecular weight is 349 g/mol. The molecule has 0 radical (unpaired) electrons. The summed E-state index contributed by atoms with van der Waals surface area (Å²) in [7, 11) is 0. The molecule has 3 amide bonds. The fraction of sp³-hybridized carbons (Fsp3) is 0.588. The first-order chi connectivity index (χ1) is 11.6. The van der Waals surface area contributed by atoms with Crippen LogP contribution in [-0.2, 0) is 22.4 Å². The number of hydrogen-bond acceptors (Lipinski definition) is 4. The Morgan fingerprint density at radius 2 is 2.17 bits per heavy atom. The molecule has 2 heterocycles. The first-order valence-corrected chi connectivity index (χ1v) is 9.37. The van der Waals surface area contributed by atoms with Gasteiger partial charge in [0.2, 0.25) is 5.91 Å². The molecule has 130 valence electrons. The molecule has 0 spiro atoms. The second-order valence-electron chi connectivity index (χ2n) is 6.50. The molecule has 1 fully saturated rings. The van der Waals surface area contributed by atoms with Crippen molar-refractivity contribution in [3.05, 3.63) is 21.4 Å². The molecule has 1 aromatic rings. The van der Waals surface area contributed by atoms with Gasteiger partial charge in [0, 0.05) is 17.8 Å². The molecule has 24 heavy (non-hydrogen) atoms. The number of likely N-dealkylation sites (tertiary alicyclic amines) is 1. The molecular formula is C17H23N3O3S. The number of thiophene rings is 1. The van der Waals surface area contributed by atoms with E-state index in [1.165, 1.54) is 39.5 Å². The van der Waals surface area contributed by atoms with E-state index in [1.807, 2.05) is 6.07 Å². The van der Waals surface area contributed by atoms with Gasteiger partial charge in [-0.25, -0.2) is 0 Å². The summed E-state index contributed by atoms with van der Waals surface area (Å²) in [6.45, 7) is 2.81. The maximum atomic E-state index is 12.2. The van der Waals surface area contributed by atoms with Crippen molar-refractivity contribution in [3.63, 3.8) is 0 Å². The summed E-state index contributed by atoms with van der Waals surface area (Å²) in [4.78, 5) is 39.0. The summed E-state index contributed by atoms with van der Waals surface area (Å²) in [5, 5.41) is 0. The Balaban J connectivity index is 1.51. The molecule has 3 rings (SSSR count). The molecule has 6 nitrogen and oxygen atoms in total. The van der Waals surface area contributed by atoms with Crippen LogP contribution in [0.25, 0.3) is 0 Å². The number of carbonyl (C=O) groups is 3. The first kappa shape index (κ1) is 17.0. The van der Waals surface area contributed by atoms with Crippen molar-refractivity contribution in [2.24, 2.45) is 5.92 Å². The fourth-order valence-corrected chi connectivity index (χ4v) is 4.44. The van der Waals surface area contributed by atoms with Crippen LogP contribution in [0.4, 0.5) is 0 Å². The number of rotatable bonds is 4. The van der Waals surface area contributed by atoms with Crippen LogP contribution >= 0.6 is 11.3 Å². The SMILES string of the molecule is CC[C@@H]1CCc2sc(C(=O)NNC(=O)CN3CCCC3=O)cc2C1. The van der Waals surface area contributed by atoms with Gasteiger partial charge in [-0.3, -0.25) is 25.2 Å². The number of aryl methyl sites for hydroxylation is 1. The standard InChI is InChI=1S/C17H23N3O3S/c1-2-11-5-6-13-12(8-11)9-14(24-13)17(23)19-18-15(21)10-20-7-3-4-16(20)22/h9,11H,2-8,10H2,1H3,(H,18,21)(H,19,23)/t11-/m1/s1. The van der Waals surface area contributed by atoms with E-state index in [0.717, 1.165) is 19.3 Å². The minimum absolute atomic E-state index is 0.00175. The summed E-state index contributed by atoms with van der Waals surface area (Å²) in [6, 6.07) is 1.95. The highest BCUT2D eigenvalue weighted by atomic mass is 32.1. The lowest BCUT2D eigenvalue weighted by Crippen LogP contribution is -2.46. The number of carbonyl (C=O) groups excluding carboxylic acids is 3. The topological polar surface area (TPSA) is 78.5 Å². The molecule has 1 aliphatic carbocycles. The number of hydrazine groups is 1. The van der Waals surface area contributed by atoms with Crippen LogP contribution in [0.5, 0.6) is 0 Å². The van der Waals surface area contributed by atoms with Gasteiger partial charge in [-0.05, 0) is 43.2 Å². The number of nitrogens with zero attached hydrogens (tertiary/aromatic N) is 1. The Bertz CT molecular complexity index is 656. The molecule has 1 atom stereocenters. The Morgan fingerprint density at radius 1 is 1.33 bits per heavy atom. The van der Waals surface area contributed by atoms with E-state index in [-0.39, 0.29) is 24.3 Å². The summed E-state index contributed by atoms with van der Waals surface area (Å²) < 4.78 is 0. The number of amides is 3.